The van der Waals surface area contributed by atoms with Gasteiger partial charge >= 0.3 is 0 Å². The number of para-hydroxylation sites is 1. The predicted octanol–water partition coefficient (Wildman–Crippen LogP) is 6.25. The molecular weight excluding hydrogens is 471 g/mol. The number of pyridine rings is 1. The first kappa shape index (κ1) is 25.5. The number of carbonyl (C=O) groups excluding carboxylic acids is 1. The lowest BCUT2D eigenvalue weighted by Gasteiger charge is -2.40. The maximum Gasteiger partial charge on any atom is 0.248 e. The highest BCUT2D eigenvalue weighted by molar-refractivity contribution is 5.99. The van der Waals surface area contributed by atoms with Crippen LogP contribution >= 0.6 is 0 Å². The highest BCUT2D eigenvalue weighted by Gasteiger charge is 2.36. The number of fused-ring (bicyclic) bond motifs is 1. The Kier molecular flexibility index (Phi) is 7.12. The zero-order valence-corrected chi connectivity index (χ0v) is 21.7. The number of ether oxygens (including phenoxy) is 2. The minimum absolute atomic E-state index is 0.152. The molecule has 0 N–H and O–H groups in total. The lowest BCUT2D eigenvalue weighted by molar-refractivity contribution is -0.290. The number of amides is 1. The van der Waals surface area contributed by atoms with Crippen molar-refractivity contribution < 1.29 is 23.5 Å². The fourth-order valence-electron chi connectivity index (χ4n) is 5.03. The zero-order valence-electron chi connectivity index (χ0n) is 21.7. The molecule has 1 aliphatic heterocycles. The first-order valence-corrected chi connectivity index (χ1v) is 12.8. The molecule has 0 bridgehead atoms. The molecule has 194 valence electrons. The van der Waals surface area contributed by atoms with Gasteiger partial charge < -0.3 is 9.47 Å². The van der Waals surface area contributed by atoms with E-state index in [2.05, 4.69) is 12.1 Å². The number of carbonyl (C=O) groups is 1. The van der Waals surface area contributed by atoms with Crippen molar-refractivity contribution in [1.29, 1.82) is 0 Å². The summed E-state index contributed by atoms with van der Waals surface area (Å²) < 4.78 is 26.1. The molecule has 3 aromatic rings. The summed E-state index contributed by atoms with van der Waals surface area (Å²) in [6.45, 7) is 3.73. The van der Waals surface area contributed by atoms with Gasteiger partial charge in [0.2, 0.25) is 5.91 Å². The Morgan fingerprint density at radius 1 is 1.16 bits per heavy atom. The zero-order chi connectivity index (χ0) is 26.2. The van der Waals surface area contributed by atoms with Crippen molar-refractivity contribution in [3.63, 3.8) is 0 Å². The van der Waals surface area contributed by atoms with Crippen LogP contribution in [0.25, 0.3) is 28.1 Å². The van der Waals surface area contributed by atoms with Crippen molar-refractivity contribution in [1.82, 2.24) is 10.0 Å². The monoisotopic (exact) mass is 504 g/mol. The molecule has 2 aliphatic rings. The standard InChI is InChI=1S/C30H33FN2O4/c1-30(2)36-22(17-23(37-30)18-27(34)33(3)35-4)15-16-25-28(19-11-13-21(31)14-12-19)24-7-5-6-8-26(24)32-29(25)20-9-10-20/h5-8,11-16,20,22-23H,9-10,17-18H2,1-4H3/b16-15+/t22-,23-/m1/s1. The first-order valence-electron chi connectivity index (χ1n) is 12.8. The lowest BCUT2D eigenvalue weighted by Crippen LogP contribution is -2.45. The van der Waals surface area contributed by atoms with Crippen molar-refractivity contribution in [2.75, 3.05) is 14.2 Å². The van der Waals surface area contributed by atoms with Crippen molar-refractivity contribution >= 4 is 22.9 Å². The Morgan fingerprint density at radius 2 is 1.89 bits per heavy atom. The summed E-state index contributed by atoms with van der Waals surface area (Å²) in [6.07, 6.45) is 6.53. The number of halogens is 1. The van der Waals surface area contributed by atoms with Gasteiger partial charge in [-0.2, -0.15) is 0 Å². The second-order valence-corrected chi connectivity index (χ2v) is 10.3. The number of benzene rings is 2. The van der Waals surface area contributed by atoms with Crippen LogP contribution in [0.15, 0.2) is 54.6 Å². The molecule has 1 aromatic heterocycles. The second kappa shape index (κ2) is 10.3. The lowest BCUT2D eigenvalue weighted by atomic mass is 9.92. The van der Waals surface area contributed by atoms with E-state index in [4.69, 9.17) is 19.3 Å². The van der Waals surface area contributed by atoms with Crippen LogP contribution in [0.1, 0.15) is 56.7 Å². The van der Waals surface area contributed by atoms with Gasteiger partial charge in [-0.25, -0.2) is 9.45 Å². The minimum atomic E-state index is -0.843. The van der Waals surface area contributed by atoms with Crippen LogP contribution in [-0.4, -0.2) is 48.1 Å². The summed E-state index contributed by atoms with van der Waals surface area (Å²) in [5.41, 5.74) is 5.02. The maximum absolute atomic E-state index is 13.8. The number of aromatic nitrogens is 1. The predicted molar refractivity (Wildman–Crippen MR) is 141 cm³/mol. The summed E-state index contributed by atoms with van der Waals surface area (Å²) in [4.78, 5) is 22.5. The molecule has 6 nitrogen and oxygen atoms in total. The van der Waals surface area contributed by atoms with E-state index < -0.39 is 5.79 Å². The van der Waals surface area contributed by atoms with E-state index in [0.717, 1.165) is 46.1 Å². The van der Waals surface area contributed by atoms with Gasteiger partial charge in [0, 0.05) is 35.9 Å². The van der Waals surface area contributed by atoms with Crippen molar-refractivity contribution in [2.45, 2.75) is 63.4 Å². The molecular formula is C30H33FN2O4. The van der Waals surface area contributed by atoms with Crippen molar-refractivity contribution in [3.05, 3.63) is 71.7 Å². The largest absolute Gasteiger partial charge is 0.347 e. The van der Waals surface area contributed by atoms with Crippen LogP contribution in [-0.2, 0) is 19.1 Å². The summed E-state index contributed by atoms with van der Waals surface area (Å²) in [6, 6.07) is 14.7. The van der Waals surface area contributed by atoms with Gasteiger partial charge in [0.05, 0.1) is 36.9 Å². The van der Waals surface area contributed by atoms with Gasteiger partial charge in [0.15, 0.2) is 5.79 Å². The molecule has 2 heterocycles. The van der Waals surface area contributed by atoms with E-state index in [1.165, 1.54) is 24.3 Å². The quantitative estimate of drug-likeness (QED) is 0.356. The fraction of sp³-hybridized carbons (Fsp3) is 0.400. The van der Waals surface area contributed by atoms with Crippen LogP contribution in [0, 0.1) is 5.82 Å². The average molecular weight is 505 g/mol. The number of hydrogen-bond donors (Lipinski definition) is 0. The molecule has 1 saturated carbocycles. The van der Waals surface area contributed by atoms with E-state index in [9.17, 15) is 9.18 Å². The summed E-state index contributed by atoms with van der Waals surface area (Å²) in [5, 5.41) is 2.24. The Morgan fingerprint density at radius 3 is 2.59 bits per heavy atom. The van der Waals surface area contributed by atoms with E-state index in [1.54, 1.807) is 7.05 Å². The van der Waals surface area contributed by atoms with Crippen LogP contribution < -0.4 is 0 Å². The maximum atomic E-state index is 13.8. The van der Waals surface area contributed by atoms with Crippen molar-refractivity contribution in [3.8, 4) is 11.1 Å². The number of rotatable bonds is 7. The third-order valence-electron chi connectivity index (χ3n) is 6.94. The van der Waals surface area contributed by atoms with Crippen LogP contribution in [0.4, 0.5) is 4.39 Å². The molecule has 2 atom stereocenters. The minimum Gasteiger partial charge on any atom is -0.347 e. The molecule has 0 radical (unpaired) electrons. The number of hydrogen-bond acceptors (Lipinski definition) is 5. The summed E-state index contributed by atoms with van der Waals surface area (Å²) in [5.74, 6) is -0.851. The smallest absolute Gasteiger partial charge is 0.248 e. The Balaban J connectivity index is 1.53. The van der Waals surface area contributed by atoms with Crippen LogP contribution in [0.2, 0.25) is 0 Å². The molecule has 0 unspecified atom stereocenters. The topological polar surface area (TPSA) is 60.9 Å². The molecule has 0 spiro atoms. The van der Waals surface area contributed by atoms with Gasteiger partial charge in [-0.15, -0.1) is 0 Å². The fourth-order valence-corrected chi connectivity index (χ4v) is 5.03. The number of hydroxylamine groups is 2. The van der Waals surface area contributed by atoms with E-state index in [1.807, 2.05) is 50.3 Å². The molecule has 7 heteroatoms. The average Bonchev–Trinajstić information content (AvgIpc) is 3.71. The molecule has 5 rings (SSSR count). The van der Waals surface area contributed by atoms with Crippen LogP contribution in [0.3, 0.4) is 0 Å². The van der Waals surface area contributed by atoms with Gasteiger partial charge in [0.25, 0.3) is 0 Å². The van der Waals surface area contributed by atoms with E-state index in [0.29, 0.717) is 12.3 Å². The van der Waals surface area contributed by atoms with E-state index in [-0.39, 0.29) is 30.4 Å². The van der Waals surface area contributed by atoms with Gasteiger partial charge in [0.1, 0.15) is 5.82 Å². The first-order chi connectivity index (χ1) is 17.7. The highest BCUT2D eigenvalue weighted by Crippen LogP contribution is 2.45. The Bertz CT molecular complexity index is 1320. The third kappa shape index (κ3) is 5.74. The molecule has 1 aliphatic carbocycles. The normalized spacial score (nSPS) is 21.4. The van der Waals surface area contributed by atoms with E-state index >= 15 is 0 Å². The Labute approximate surface area is 217 Å². The number of nitrogens with zero attached hydrogens (tertiary/aromatic N) is 2. The Hall–Kier alpha value is -3.13. The molecule has 1 saturated heterocycles. The molecule has 2 aromatic carbocycles. The molecule has 37 heavy (non-hydrogen) atoms. The third-order valence-corrected chi connectivity index (χ3v) is 6.94. The van der Waals surface area contributed by atoms with Gasteiger partial charge in [-0.1, -0.05) is 42.5 Å². The van der Waals surface area contributed by atoms with Gasteiger partial charge in [-0.3, -0.25) is 14.6 Å². The van der Waals surface area contributed by atoms with Crippen LogP contribution in [0.5, 0.6) is 0 Å². The SMILES string of the molecule is CON(C)C(=O)C[C@H]1C[C@@H](/C=C/c2c(C3CC3)nc3ccccc3c2-c2ccc(F)cc2)OC(C)(C)O1. The second-order valence-electron chi connectivity index (χ2n) is 10.3. The molecule has 1 amide bonds. The summed E-state index contributed by atoms with van der Waals surface area (Å²) >= 11 is 0. The van der Waals surface area contributed by atoms with Crippen molar-refractivity contribution in [2.24, 2.45) is 0 Å². The highest BCUT2D eigenvalue weighted by atomic mass is 19.1. The summed E-state index contributed by atoms with van der Waals surface area (Å²) in [7, 11) is 3.05. The molecule has 2 fully saturated rings. The van der Waals surface area contributed by atoms with Gasteiger partial charge in [-0.05, 0) is 50.5 Å².